The molecule has 4 rings (SSSR count). The van der Waals surface area contributed by atoms with Crippen molar-refractivity contribution in [3.8, 4) is 0 Å². The minimum absolute atomic E-state index is 0.0706. The Kier molecular flexibility index (Phi) is 5.38. The van der Waals surface area contributed by atoms with E-state index in [1.807, 2.05) is 34.0 Å². The van der Waals surface area contributed by atoms with Gasteiger partial charge in [-0.05, 0) is 43.4 Å². The molecule has 0 saturated carbocycles. The fraction of sp³-hybridized carbons (Fsp3) is 0.550. The zero-order valence-corrected chi connectivity index (χ0v) is 15.6. The predicted octanol–water partition coefficient (Wildman–Crippen LogP) is 1.65. The van der Waals surface area contributed by atoms with Gasteiger partial charge in [0.15, 0.2) is 0 Å². The topological polar surface area (TPSA) is 74.5 Å². The second kappa shape index (κ2) is 8.08. The molecule has 2 aromatic heterocycles. The van der Waals surface area contributed by atoms with Gasteiger partial charge < -0.3 is 14.9 Å². The third-order valence-electron chi connectivity index (χ3n) is 5.77. The highest BCUT2D eigenvalue weighted by atomic mass is 16.3. The van der Waals surface area contributed by atoms with Gasteiger partial charge >= 0.3 is 0 Å². The molecule has 1 N–H and O–H groups in total. The summed E-state index contributed by atoms with van der Waals surface area (Å²) >= 11 is 0. The zero-order valence-electron chi connectivity index (χ0n) is 15.6. The Labute approximate surface area is 159 Å². The van der Waals surface area contributed by atoms with E-state index in [1.165, 1.54) is 0 Å². The number of hydrogen-bond donors (Lipinski definition) is 1. The quantitative estimate of drug-likeness (QED) is 0.867. The Bertz CT molecular complexity index is 738. The van der Waals surface area contributed by atoms with Crippen molar-refractivity contribution in [2.45, 2.75) is 25.8 Å². The van der Waals surface area contributed by atoms with Crippen LogP contribution in [0.2, 0.25) is 0 Å². The van der Waals surface area contributed by atoms with E-state index in [2.05, 4.69) is 15.0 Å². The molecule has 0 radical (unpaired) electrons. The third-order valence-corrected chi connectivity index (χ3v) is 5.77. The Morgan fingerprint density at radius 2 is 1.96 bits per heavy atom. The lowest BCUT2D eigenvalue weighted by molar-refractivity contribution is 0.0681. The van der Waals surface area contributed by atoms with Crippen molar-refractivity contribution in [3.05, 3.63) is 42.4 Å². The van der Waals surface area contributed by atoms with Crippen LogP contribution in [0.3, 0.4) is 0 Å². The molecular weight excluding hydrogens is 342 g/mol. The number of carbonyl (C=O) groups is 1. The van der Waals surface area contributed by atoms with Gasteiger partial charge in [-0.2, -0.15) is 5.10 Å². The molecule has 7 nitrogen and oxygen atoms in total. The molecule has 2 aliphatic rings. The molecule has 1 atom stereocenters. The van der Waals surface area contributed by atoms with Crippen molar-refractivity contribution in [3.63, 3.8) is 0 Å². The van der Waals surface area contributed by atoms with E-state index in [4.69, 9.17) is 0 Å². The summed E-state index contributed by atoms with van der Waals surface area (Å²) in [6.07, 6.45) is 8.50. The van der Waals surface area contributed by atoms with Gasteiger partial charge in [-0.3, -0.25) is 9.48 Å². The lowest BCUT2D eigenvalue weighted by Gasteiger charge is -2.32. The van der Waals surface area contributed by atoms with Gasteiger partial charge in [-0.1, -0.05) is 0 Å². The van der Waals surface area contributed by atoms with Crippen LogP contribution in [0.4, 0.5) is 5.82 Å². The Morgan fingerprint density at radius 1 is 1.15 bits per heavy atom. The lowest BCUT2D eigenvalue weighted by Crippen LogP contribution is -2.39. The zero-order chi connectivity index (χ0) is 18.6. The van der Waals surface area contributed by atoms with Crippen molar-refractivity contribution in [1.82, 2.24) is 19.7 Å². The Morgan fingerprint density at radius 3 is 2.59 bits per heavy atom. The lowest BCUT2D eigenvalue weighted by atomic mass is 9.96. The van der Waals surface area contributed by atoms with Crippen molar-refractivity contribution >= 4 is 11.7 Å². The average molecular weight is 369 g/mol. The minimum atomic E-state index is 0.0706. The van der Waals surface area contributed by atoms with Crippen LogP contribution < -0.4 is 4.90 Å². The maximum Gasteiger partial charge on any atom is 0.255 e. The number of carbonyl (C=O) groups excluding carboxylic acids is 1. The fourth-order valence-corrected chi connectivity index (χ4v) is 4.06. The molecule has 0 unspecified atom stereocenters. The molecule has 0 aliphatic carbocycles. The summed E-state index contributed by atoms with van der Waals surface area (Å²) in [5.41, 5.74) is 0.655. The molecule has 1 amide bonds. The van der Waals surface area contributed by atoms with Crippen LogP contribution in [0.1, 0.15) is 29.6 Å². The number of piperidine rings is 1. The number of amides is 1. The average Bonchev–Trinajstić information content (AvgIpc) is 3.40. The second-order valence-corrected chi connectivity index (χ2v) is 7.65. The summed E-state index contributed by atoms with van der Waals surface area (Å²) in [5.74, 6) is 1.86. The number of aliphatic hydroxyl groups is 1. The summed E-state index contributed by atoms with van der Waals surface area (Å²) in [4.78, 5) is 21.4. The van der Waals surface area contributed by atoms with Gasteiger partial charge in [0.05, 0.1) is 5.56 Å². The van der Waals surface area contributed by atoms with Crippen LogP contribution in [0, 0.1) is 11.8 Å². The molecule has 7 heteroatoms. The summed E-state index contributed by atoms with van der Waals surface area (Å²) in [7, 11) is 0. The number of aliphatic hydroxyl groups excluding tert-OH is 1. The van der Waals surface area contributed by atoms with Crippen LogP contribution >= 0.6 is 0 Å². The van der Waals surface area contributed by atoms with Crippen LogP contribution in [-0.4, -0.2) is 63.5 Å². The molecule has 2 aromatic rings. The fourth-order valence-electron chi connectivity index (χ4n) is 4.06. The molecule has 0 spiro atoms. The van der Waals surface area contributed by atoms with E-state index in [1.54, 1.807) is 12.4 Å². The summed E-state index contributed by atoms with van der Waals surface area (Å²) in [6, 6.07) is 5.76. The largest absolute Gasteiger partial charge is 0.396 e. The van der Waals surface area contributed by atoms with E-state index < -0.39 is 0 Å². The van der Waals surface area contributed by atoms with Crippen molar-refractivity contribution in [2.24, 2.45) is 11.8 Å². The van der Waals surface area contributed by atoms with Gasteiger partial charge in [0.1, 0.15) is 5.82 Å². The smallest absolute Gasteiger partial charge is 0.255 e. The molecular formula is C20H27N5O2. The maximum absolute atomic E-state index is 12.8. The predicted molar refractivity (Wildman–Crippen MR) is 102 cm³/mol. The molecule has 2 fully saturated rings. The summed E-state index contributed by atoms with van der Waals surface area (Å²) in [6.45, 7) is 4.48. The third kappa shape index (κ3) is 4.13. The monoisotopic (exact) mass is 369 g/mol. The molecule has 0 aromatic carbocycles. The number of pyridine rings is 1. The van der Waals surface area contributed by atoms with E-state index >= 15 is 0 Å². The van der Waals surface area contributed by atoms with Gasteiger partial charge in [-0.25, -0.2) is 4.98 Å². The first kappa shape index (κ1) is 18.0. The standard InChI is InChI=1S/C20H27N5O2/c26-15-17-6-11-24(13-17)19-3-2-18(12-21-19)20(27)23-9-4-16(5-10-23)14-25-8-1-7-22-25/h1-3,7-8,12,16-17,26H,4-6,9-11,13-15H2/t17-/m0/s1. The highest BCUT2D eigenvalue weighted by molar-refractivity contribution is 5.94. The summed E-state index contributed by atoms with van der Waals surface area (Å²) in [5, 5.41) is 13.6. The van der Waals surface area contributed by atoms with Gasteiger partial charge in [0.25, 0.3) is 5.91 Å². The van der Waals surface area contributed by atoms with Crippen LogP contribution in [0.25, 0.3) is 0 Å². The first-order valence-corrected chi connectivity index (χ1v) is 9.81. The van der Waals surface area contributed by atoms with E-state index in [0.717, 1.165) is 57.8 Å². The van der Waals surface area contributed by atoms with Crippen LogP contribution in [0.5, 0.6) is 0 Å². The maximum atomic E-state index is 12.8. The number of nitrogens with zero attached hydrogens (tertiary/aromatic N) is 5. The Balaban J connectivity index is 1.31. The number of anilines is 1. The normalized spacial score (nSPS) is 21.0. The first-order valence-electron chi connectivity index (χ1n) is 9.81. The van der Waals surface area contributed by atoms with Crippen LogP contribution in [0.15, 0.2) is 36.8 Å². The number of rotatable bonds is 5. The number of aromatic nitrogens is 3. The van der Waals surface area contributed by atoms with Gasteiger partial charge in [-0.15, -0.1) is 0 Å². The SMILES string of the molecule is O=C(c1ccc(N2CC[C@H](CO)C2)nc1)N1CCC(Cn2cccn2)CC1. The number of hydrogen-bond acceptors (Lipinski definition) is 5. The van der Waals surface area contributed by atoms with E-state index in [-0.39, 0.29) is 12.5 Å². The molecule has 2 saturated heterocycles. The molecule has 27 heavy (non-hydrogen) atoms. The highest BCUT2D eigenvalue weighted by Gasteiger charge is 2.25. The molecule has 144 valence electrons. The van der Waals surface area contributed by atoms with Crippen molar-refractivity contribution in [1.29, 1.82) is 0 Å². The second-order valence-electron chi connectivity index (χ2n) is 7.65. The Hall–Kier alpha value is -2.41. The molecule has 0 bridgehead atoms. The van der Waals surface area contributed by atoms with E-state index in [0.29, 0.717) is 17.4 Å². The molecule has 4 heterocycles. The first-order chi connectivity index (χ1) is 13.2. The van der Waals surface area contributed by atoms with Crippen molar-refractivity contribution < 1.29 is 9.90 Å². The highest BCUT2D eigenvalue weighted by Crippen LogP contribution is 2.23. The van der Waals surface area contributed by atoms with Crippen LogP contribution in [-0.2, 0) is 6.54 Å². The molecule has 2 aliphatic heterocycles. The minimum Gasteiger partial charge on any atom is -0.396 e. The van der Waals surface area contributed by atoms with E-state index in [9.17, 15) is 9.90 Å². The van der Waals surface area contributed by atoms with Gasteiger partial charge in [0, 0.05) is 63.8 Å². The van der Waals surface area contributed by atoms with Crippen molar-refractivity contribution in [2.75, 3.05) is 37.7 Å². The summed E-state index contributed by atoms with van der Waals surface area (Å²) < 4.78 is 1.98. The number of likely N-dealkylation sites (tertiary alicyclic amines) is 1. The van der Waals surface area contributed by atoms with Gasteiger partial charge in [0.2, 0.25) is 0 Å².